The second-order valence-corrected chi connectivity index (χ2v) is 4.45. The van der Waals surface area contributed by atoms with Gasteiger partial charge < -0.3 is 5.32 Å². The van der Waals surface area contributed by atoms with Gasteiger partial charge in [0.2, 0.25) is 5.91 Å². The van der Waals surface area contributed by atoms with Crippen LogP contribution in [0.2, 0.25) is 0 Å². The first kappa shape index (κ1) is 12.3. The van der Waals surface area contributed by atoms with Crippen molar-refractivity contribution in [2.75, 3.05) is 5.32 Å². The molecule has 100 valence electrons. The molecule has 0 saturated carbocycles. The summed E-state index contributed by atoms with van der Waals surface area (Å²) in [5.74, 6) is -0.0429. The number of hydrogen-bond donors (Lipinski definition) is 1. The van der Waals surface area contributed by atoms with Crippen molar-refractivity contribution >= 4 is 22.5 Å². The summed E-state index contributed by atoms with van der Waals surface area (Å²) >= 11 is 0. The Morgan fingerprint density at radius 1 is 1.15 bits per heavy atom. The number of aryl methyl sites for hydroxylation is 1. The van der Waals surface area contributed by atoms with Crippen LogP contribution in [0.4, 0.5) is 5.69 Å². The summed E-state index contributed by atoms with van der Waals surface area (Å²) in [5.41, 5.74) is 1.55. The van der Waals surface area contributed by atoms with Gasteiger partial charge in [0.25, 0.3) is 0 Å². The summed E-state index contributed by atoms with van der Waals surface area (Å²) in [4.78, 5) is 16.3. The van der Waals surface area contributed by atoms with E-state index in [0.717, 1.165) is 16.6 Å². The Balaban J connectivity index is 1.71. The number of carbonyl (C=O) groups is 1. The molecule has 0 radical (unpaired) electrons. The van der Waals surface area contributed by atoms with Crippen molar-refractivity contribution in [1.29, 1.82) is 0 Å². The second kappa shape index (κ2) is 5.52. The first-order valence-corrected chi connectivity index (χ1v) is 6.44. The van der Waals surface area contributed by atoms with E-state index in [4.69, 9.17) is 0 Å². The van der Waals surface area contributed by atoms with Gasteiger partial charge in [-0.15, -0.1) is 0 Å². The number of nitrogens with one attached hydrogen (secondary N) is 1. The minimum atomic E-state index is -0.0429. The number of fused-ring (bicyclic) bond motifs is 1. The fraction of sp³-hybridized carbons (Fsp3) is 0.133. The Kier molecular flexibility index (Phi) is 3.41. The average Bonchev–Trinajstić information content (AvgIpc) is 2.99. The van der Waals surface area contributed by atoms with Crippen molar-refractivity contribution < 1.29 is 4.79 Å². The van der Waals surface area contributed by atoms with Gasteiger partial charge in [0.15, 0.2) is 0 Å². The molecule has 20 heavy (non-hydrogen) atoms. The number of amides is 1. The van der Waals surface area contributed by atoms with Gasteiger partial charge >= 0.3 is 0 Å². The van der Waals surface area contributed by atoms with E-state index >= 15 is 0 Å². The van der Waals surface area contributed by atoms with Crippen molar-refractivity contribution in [1.82, 2.24) is 14.8 Å². The molecule has 1 aromatic carbocycles. The van der Waals surface area contributed by atoms with Crippen LogP contribution in [0.15, 0.2) is 55.0 Å². The van der Waals surface area contributed by atoms with Crippen molar-refractivity contribution in [3.05, 3.63) is 55.0 Å². The van der Waals surface area contributed by atoms with E-state index in [1.807, 2.05) is 42.6 Å². The zero-order valence-corrected chi connectivity index (χ0v) is 10.9. The summed E-state index contributed by atoms with van der Waals surface area (Å²) in [6.45, 7) is 0.566. The van der Waals surface area contributed by atoms with E-state index in [1.54, 1.807) is 17.1 Å². The van der Waals surface area contributed by atoms with Gasteiger partial charge in [-0.25, -0.2) is 0 Å². The molecule has 0 bridgehead atoms. The lowest BCUT2D eigenvalue weighted by atomic mass is 10.2. The third-order valence-corrected chi connectivity index (χ3v) is 3.03. The number of para-hydroxylation sites is 1. The van der Waals surface area contributed by atoms with Gasteiger partial charge in [-0.2, -0.15) is 5.10 Å². The first-order valence-electron chi connectivity index (χ1n) is 6.44. The summed E-state index contributed by atoms with van der Waals surface area (Å²) in [6, 6.07) is 11.4. The summed E-state index contributed by atoms with van der Waals surface area (Å²) < 4.78 is 1.74. The number of hydrogen-bond acceptors (Lipinski definition) is 3. The molecule has 0 saturated heterocycles. The normalized spacial score (nSPS) is 10.6. The number of nitrogens with zero attached hydrogens (tertiary/aromatic N) is 3. The van der Waals surface area contributed by atoms with E-state index in [9.17, 15) is 4.79 Å². The van der Waals surface area contributed by atoms with Crippen molar-refractivity contribution in [2.24, 2.45) is 0 Å². The second-order valence-electron chi connectivity index (χ2n) is 4.45. The quantitative estimate of drug-likeness (QED) is 0.789. The van der Waals surface area contributed by atoms with E-state index in [-0.39, 0.29) is 5.91 Å². The molecule has 5 nitrogen and oxygen atoms in total. The number of carbonyl (C=O) groups excluding carboxylic acids is 1. The molecular formula is C15H14N4O. The molecule has 0 aliphatic heterocycles. The summed E-state index contributed by atoms with van der Waals surface area (Å²) in [6.07, 6.45) is 5.64. The van der Waals surface area contributed by atoms with E-state index in [2.05, 4.69) is 15.4 Å². The minimum absolute atomic E-state index is 0.0429. The fourth-order valence-electron chi connectivity index (χ4n) is 2.07. The lowest BCUT2D eigenvalue weighted by Crippen LogP contribution is -2.15. The Morgan fingerprint density at radius 3 is 2.90 bits per heavy atom. The SMILES string of the molecule is O=C(CCn1cccn1)Nc1cccc2cccnc12. The van der Waals surface area contributed by atoms with Crippen LogP contribution in [0.3, 0.4) is 0 Å². The predicted octanol–water partition coefficient (Wildman–Crippen LogP) is 2.46. The Hall–Kier alpha value is -2.69. The van der Waals surface area contributed by atoms with Crippen molar-refractivity contribution in [3.63, 3.8) is 0 Å². The van der Waals surface area contributed by atoms with Crippen LogP contribution >= 0.6 is 0 Å². The van der Waals surface area contributed by atoms with E-state index in [1.165, 1.54) is 0 Å². The number of aromatic nitrogens is 3. The standard InChI is InChI=1S/C15H14N4O/c20-14(7-11-19-10-3-9-17-19)18-13-6-1-4-12-5-2-8-16-15(12)13/h1-6,8-10H,7,11H2,(H,18,20). The van der Waals surface area contributed by atoms with E-state index in [0.29, 0.717) is 13.0 Å². The molecule has 2 aromatic heterocycles. The lowest BCUT2D eigenvalue weighted by Gasteiger charge is -2.08. The predicted molar refractivity (Wildman–Crippen MR) is 77.2 cm³/mol. The van der Waals surface area contributed by atoms with Gasteiger partial charge in [0.05, 0.1) is 11.2 Å². The summed E-state index contributed by atoms with van der Waals surface area (Å²) in [5, 5.41) is 7.99. The Bertz CT molecular complexity index is 716. The van der Waals surface area contributed by atoms with Gasteiger partial charge in [0, 0.05) is 36.9 Å². The lowest BCUT2D eigenvalue weighted by molar-refractivity contribution is -0.116. The maximum atomic E-state index is 12.0. The highest BCUT2D eigenvalue weighted by Crippen LogP contribution is 2.20. The average molecular weight is 266 g/mol. The van der Waals surface area contributed by atoms with Crippen molar-refractivity contribution in [3.8, 4) is 0 Å². The highest BCUT2D eigenvalue weighted by molar-refractivity contribution is 6.00. The van der Waals surface area contributed by atoms with Crippen LogP contribution in [-0.4, -0.2) is 20.7 Å². The highest BCUT2D eigenvalue weighted by Gasteiger charge is 2.06. The zero-order chi connectivity index (χ0) is 13.8. The van der Waals surface area contributed by atoms with Gasteiger partial charge in [0.1, 0.15) is 0 Å². The Labute approximate surface area is 116 Å². The molecule has 0 spiro atoms. The number of pyridine rings is 1. The first-order chi connectivity index (χ1) is 9.83. The smallest absolute Gasteiger partial charge is 0.226 e. The monoisotopic (exact) mass is 266 g/mol. The number of rotatable bonds is 4. The van der Waals surface area contributed by atoms with Crippen LogP contribution in [0.1, 0.15) is 6.42 Å². The fourth-order valence-corrected chi connectivity index (χ4v) is 2.07. The van der Waals surface area contributed by atoms with Crippen LogP contribution in [0.25, 0.3) is 10.9 Å². The van der Waals surface area contributed by atoms with Gasteiger partial charge in [-0.1, -0.05) is 18.2 Å². The van der Waals surface area contributed by atoms with Crippen LogP contribution in [0.5, 0.6) is 0 Å². The molecule has 0 unspecified atom stereocenters. The number of anilines is 1. The molecule has 3 aromatic rings. The molecule has 0 aliphatic carbocycles. The molecule has 0 fully saturated rings. The molecule has 3 rings (SSSR count). The molecule has 0 atom stereocenters. The largest absolute Gasteiger partial charge is 0.324 e. The van der Waals surface area contributed by atoms with E-state index < -0.39 is 0 Å². The highest BCUT2D eigenvalue weighted by atomic mass is 16.1. The zero-order valence-electron chi connectivity index (χ0n) is 10.9. The maximum absolute atomic E-state index is 12.0. The summed E-state index contributed by atoms with van der Waals surface area (Å²) in [7, 11) is 0. The van der Waals surface area contributed by atoms with Gasteiger partial charge in [-0.05, 0) is 18.2 Å². The number of benzene rings is 1. The van der Waals surface area contributed by atoms with Crippen molar-refractivity contribution in [2.45, 2.75) is 13.0 Å². The van der Waals surface area contributed by atoms with Crippen LogP contribution in [0, 0.1) is 0 Å². The maximum Gasteiger partial charge on any atom is 0.226 e. The molecule has 1 N–H and O–H groups in total. The molecular weight excluding hydrogens is 252 g/mol. The molecule has 5 heteroatoms. The topological polar surface area (TPSA) is 59.8 Å². The van der Waals surface area contributed by atoms with Crippen LogP contribution in [-0.2, 0) is 11.3 Å². The molecule has 1 amide bonds. The third-order valence-electron chi connectivity index (χ3n) is 3.03. The Morgan fingerprint density at radius 2 is 2.05 bits per heavy atom. The molecule has 0 aliphatic rings. The minimum Gasteiger partial charge on any atom is -0.324 e. The van der Waals surface area contributed by atoms with Gasteiger partial charge in [-0.3, -0.25) is 14.5 Å². The van der Waals surface area contributed by atoms with Crippen LogP contribution < -0.4 is 5.32 Å². The molecule has 2 heterocycles. The third kappa shape index (κ3) is 2.66.